The molecule has 1 amide bonds. The van der Waals surface area contributed by atoms with Crippen LogP contribution in [0.4, 0.5) is 4.79 Å². The molecule has 0 bridgehead atoms. The minimum atomic E-state index is -0.527. The quantitative estimate of drug-likeness (QED) is 0.639. The first-order valence-corrected chi connectivity index (χ1v) is 8.33. The third-order valence-corrected chi connectivity index (χ3v) is 3.88. The molecule has 6 nitrogen and oxygen atoms in total. The molecule has 0 saturated carbocycles. The number of nitriles is 1. The van der Waals surface area contributed by atoms with Gasteiger partial charge in [-0.2, -0.15) is 0 Å². The standard InChI is InChI=1S/C15H22N4O2S/c1-15(2,3)21-14(20)18-11-7-6-8-19(10-11)13(22-5)12(9-16)17-4/h11H,6-8,10H2,1-3,5H3,(H,18,20)/b13-12+/t11-/m1/s1. The molecule has 1 N–H and O–H groups in total. The van der Waals surface area contributed by atoms with E-state index in [4.69, 9.17) is 16.6 Å². The molecule has 120 valence electrons. The number of likely N-dealkylation sites (tertiary alicyclic amines) is 1. The topological polar surface area (TPSA) is 69.7 Å². The van der Waals surface area contributed by atoms with E-state index in [9.17, 15) is 4.79 Å². The van der Waals surface area contributed by atoms with E-state index in [1.807, 2.05) is 38.0 Å². The zero-order valence-electron chi connectivity index (χ0n) is 13.5. The lowest BCUT2D eigenvalue weighted by Gasteiger charge is -2.36. The van der Waals surface area contributed by atoms with Crippen molar-refractivity contribution in [2.24, 2.45) is 0 Å². The lowest BCUT2D eigenvalue weighted by molar-refractivity contribution is 0.0482. The predicted octanol–water partition coefficient (Wildman–Crippen LogP) is 2.95. The molecule has 22 heavy (non-hydrogen) atoms. The highest BCUT2D eigenvalue weighted by Crippen LogP contribution is 2.26. The molecule has 0 radical (unpaired) electrons. The number of nitrogens with one attached hydrogen (secondary N) is 1. The molecule has 1 atom stereocenters. The summed E-state index contributed by atoms with van der Waals surface area (Å²) in [5.41, 5.74) is -0.425. The molecule has 0 aromatic rings. The fourth-order valence-electron chi connectivity index (χ4n) is 2.25. The molecule has 1 aliphatic rings. The first kappa shape index (κ1) is 18.2. The second-order valence-corrected chi connectivity index (χ2v) is 6.81. The van der Waals surface area contributed by atoms with Gasteiger partial charge in [0.15, 0.2) is 0 Å². The van der Waals surface area contributed by atoms with Gasteiger partial charge in [0.1, 0.15) is 5.60 Å². The number of alkyl carbamates (subject to hydrolysis) is 1. The first-order valence-electron chi connectivity index (χ1n) is 7.11. The van der Waals surface area contributed by atoms with E-state index in [2.05, 4.69) is 10.2 Å². The lowest BCUT2D eigenvalue weighted by Crippen LogP contribution is -2.48. The Balaban J connectivity index is 2.73. The van der Waals surface area contributed by atoms with Crippen LogP contribution in [-0.4, -0.2) is 42.0 Å². The Morgan fingerprint density at radius 1 is 1.55 bits per heavy atom. The van der Waals surface area contributed by atoms with Gasteiger partial charge in [-0.3, -0.25) is 0 Å². The number of thioether (sulfide) groups is 1. The summed E-state index contributed by atoms with van der Waals surface area (Å²) in [6, 6.07) is 1.89. The summed E-state index contributed by atoms with van der Waals surface area (Å²) < 4.78 is 5.27. The average Bonchev–Trinajstić information content (AvgIpc) is 2.42. The molecule has 0 spiro atoms. The van der Waals surface area contributed by atoms with E-state index in [-0.39, 0.29) is 11.7 Å². The van der Waals surface area contributed by atoms with Gasteiger partial charge in [0.2, 0.25) is 0 Å². The van der Waals surface area contributed by atoms with Crippen molar-refractivity contribution in [3.63, 3.8) is 0 Å². The summed E-state index contributed by atoms with van der Waals surface area (Å²) in [5.74, 6) is 0. The van der Waals surface area contributed by atoms with Crippen LogP contribution in [0.2, 0.25) is 0 Å². The van der Waals surface area contributed by atoms with Crippen molar-refractivity contribution in [3.8, 4) is 6.07 Å². The van der Waals surface area contributed by atoms with Crippen LogP contribution in [0.1, 0.15) is 33.6 Å². The molecule has 0 aromatic heterocycles. The van der Waals surface area contributed by atoms with Crippen LogP contribution in [-0.2, 0) is 4.74 Å². The van der Waals surface area contributed by atoms with E-state index in [1.54, 1.807) is 0 Å². The van der Waals surface area contributed by atoms with Crippen molar-refractivity contribution in [2.75, 3.05) is 19.3 Å². The van der Waals surface area contributed by atoms with Gasteiger partial charge in [0.05, 0.1) is 17.7 Å². The summed E-state index contributed by atoms with van der Waals surface area (Å²) >= 11 is 1.39. The zero-order valence-corrected chi connectivity index (χ0v) is 14.3. The molecule has 0 aliphatic carbocycles. The Morgan fingerprint density at radius 3 is 2.73 bits per heavy atom. The number of allylic oxidation sites excluding steroid dienone is 1. The van der Waals surface area contributed by atoms with Gasteiger partial charge in [0.25, 0.3) is 5.70 Å². The van der Waals surface area contributed by atoms with Gasteiger partial charge < -0.3 is 15.0 Å². The Kier molecular flexibility index (Phi) is 6.58. The number of piperidine rings is 1. The Morgan fingerprint density at radius 2 is 2.23 bits per heavy atom. The number of carbonyl (C=O) groups excluding carboxylic acids is 1. The SMILES string of the molecule is [C-]#[N+]/C(C#N)=C(/SC)N1CCC[C@@H](NC(=O)OC(C)(C)C)C1. The fraction of sp³-hybridized carbons (Fsp3) is 0.667. The fourth-order valence-corrected chi connectivity index (χ4v) is 2.96. The van der Waals surface area contributed by atoms with Gasteiger partial charge >= 0.3 is 6.09 Å². The van der Waals surface area contributed by atoms with Crippen molar-refractivity contribution in [1.82, 2.24) is 10.2 Å². The number of amides is 1. The monoisotopic (exact) mass is 322 g/mol. The highest BCUT2D eigenvalue weighted by molar-refractivity contribution is 8.02. The average molecular weight is 322 g/mol. The summed E-state index contributed by atoms with van der Waals surface area (Å²) in [5, 5.41) is 12.6. The molecule has 0 unspecified atom stereocenters. The number of carbonyl (C=O) groups is 1. The lowest BCUT2D eigenvalue weighted by atomic mass is 10.1. The number of hydrogen-bond donors (Lipinski definition) is 1. The van der Waals surface area contributed by atoms with Crippen molar-refractivity contribution in [3.05, 3.63) is 22.1 Å². The number of hydrogen-bond acceptors (Lipinski definition) is 5. The Bertz CT molecular complexity index is 509. The van der Waals surface area contributed by atoms with Gasteiger partial charge in [-0.25, -0.2) is 14.9 Å². The van der Waals surface area contributed by atoms with E-state index in [1.165, 1.54) is 11.8 Å². The van der Waals surface area contributed by atoms with E-state index in [0.29, 0.717) is 11.6 Å². The third kappa shape index (κ3) is 5.50. The molecular formula is C15H22N4O2S. The molecule has 1 fully saturated rings. The van der Waals surface area contributed by atoms with Crippen LogP contribution in [0, 0.1) is 17.9 Å². The van der Waals surface area contributed by atoms with Gasteiger partial charge in [-0.1, -0.05) is 0 Å². The maximum Gasteiger partial charge on any atom is 0.407 e. The number of nitrogens with zero attached hydrogens (tertiary/aromatic N) is 3. The summed E-state index contributed by atoms with van der Waals surface area (Å²) in [6.07, 6.45) is 3.17. The molecule has 0 aromatic carbocycles. The maximum absolute atomic E-state index is 11.8. The minimum Gasteiger partial charge on any atom is -0.444 e. The Labute approximate surface area is 136 Å². The zero-order chi connectivity index (χ0) is 16.8. The molecule has 1 rings (SSSR count). The highest BCUT2D eigenvalue weighted by atomic mass is 32.2. The summed E-state index contributed by atoms with van der Waals surface area (Å²) in [4.78, 5) is 17.1. The summed E-state index contributed by atoms with van der Waals surface area (Å²) in [6.45, 7) is 13.9. The van der Waals surface area contributed by atoms with Crippen molar-refractivity contribution < 1.29 is 9.53 Å². The van der Waals surface area contributed by atoms with Gasteiger partial charge in [-0.05, 0) is 39.9 Å². The van der Waals surface area contributed by atoms with E-state index in [0.717, 1.165) is 19.4 Å². The summed E-state index contributed by atoms with van der Waals surface area (Å²) in [7, 11) is 0. The van der Waals surface area contributed by atoms with Gasteiger partial charge in [0, 0.05) is 19.1 Å². The third-order valence-electron chi connectivity index (χ3n) is 3.04. The molecular weight excluding hydrogens is 300 g/mol. The highest BCUT2D eigenvalue weighted by Gasteiger charge is 2.26. The number of rotatable bonds is 3. The first-order chi connectivity index (χ1) is 10.3. The molecule has 1 saturated heterocycles. The van der Waals surface area contributed by atoms with E-state index >= 15 is 0 Å². The molecule has 1 aliphatic heterocycles. The van der Waals surface area contributed by atoms with Crippen LogP contribution in [0.25, 0.3) is 4.85 Å². The van der Waals surface area contributed by atoms with Crippen LogP contribution in [0.5, 0.6) is 0 Å². The van der Waals surface area contributed by atoms with Crippen LogP contribution in [0.3, 0.4) is 0 Å². The second kappa shape index (κ2) is 7.95. The normalized spacial score (nSPS) is 19.5. The second-order valence-electron chi connectivity index (χ2n) is 6.01. The van der Waals surface area contributed by atoms with Crippen LogP contribution >= 0.6 is 11.8 Å². The van der Waals surface area contributed by atoms with Crippen LogP contribution in [0.15, 0.2) is 10.7 Å². The largest absolute Gasteiger partial charge is 0.444 e. The van der Waals surface area contributed by atoms with Gasteiger partial charge in [-0.15, -0.1) is 11.8 Å². The smallest absolute Gasteiger partial charge is 0.407 e. The predicted molar refractivity (Wildman–Crippen MR) is 86.7 cm³/mol. The minimum absolute atomic E-state index is 0.0450. The number of ether oxygens (including phenoxy) is 1. The maximum atomic E-state index is 11.8. The van der Waals surface area contributed by atoms with Crippen LogP contribution < -0.4 is 5.32 Å². The van der Waals surface area contributed by atoms with E-state index < -0.39 is 11.7 Å². The van der Waals surface area contributed by atoms with Crippen molar-refractivity contribution in [2.45, 2.75) is 45.3 Å². The molecule has 7 heteroatoms. The Hall–Kier alpha value is -1.86. The van der Waals surface area contributed by atoms with Crippen molar-refractivity contribution >= 4 is 17.9 Å². The van der Waals surface area contributed by atoms with Crippen molar-refractivity contribution in [1.29, 1.82) is 5.26 Å². The molecule has 1 heterocycles.